The zero-order valence-electron chi connectivity index (χ0n) is 6.57. The predicted octanol–water partition coefficient (Wildman–Crippen LogP) is 1.09. The van der Waals surface area contributed by atoms with Crippen molar-refractivity contribution >= 4 is 10.9 Å². The number of hydrogen-bond donors (Lipinski definition) is 1. The summed E-state index contributed by atoms with van der Waals surface area (Å²) in [5.41, 5.74) is 7.57. The summed E-state index contributed by atoms with van der Waals surface area (Å²) >= 11 is 0. The van der Waals surface area contributed by atoms with Crippen LogP contribution in [-0.2, 0) is 6.54 Å². The van der Waals surface area contributed by atoms with E-state index < -0.39 is 0 Å². The van der Waals surface area contributed by atoms with E-state index in [9.17, 15) is 0 Å². The summed E-state index contributed by atoms with van der Waals surface area (Å²) in [5, 5.41) is 1.04. The summed E-state index contributed by atoms with van der Waals surface area (Å²) in [5.74, 6) is 0. The van der Waals surface area contributed by atoms with Gasteiger partial charge in [0.25, 0.3) is 0 Å². The molecule has 0 radical (unpaired) electrons. The molecule has 12 heavy (non-hydrogen) atoms. The molecule has 0 spiro atoms. The van der Waals surface area contributed by atoms with E-state index in [1.54, 1.807) is 12.5 Å². The summed E-state index contributed by atoms with van der Waals surface area (Å²) in [6, 6.07) is 5.95. The molecular weight excluding hydrogens is 150 g/mol. The second kappa shape index (κ2) is 2.87. The molecule has 2 aromatic rings. The van der Waals surface area contributed by atoms with Gasteiger partial charge in [-0.05, 0) is 17.7 Å². The molecule has 1 aromatic carbocycles. The highest BCUT2D eigenvalue weighted by Gasteiger charge is 1.94. The highest BCUT2D eigenvalue weighted by Crippen LogP contribution is 2.11. The van der Waals surface area contributed by atoms with Gasteiger partial charge < -0.3 is 5.73 Å². The van der Waals surface area contributed by atoms with Crippen molar-refractivity contribution in [2.45, 2.75) is 6.54 Å². The van der Waals surface area contributed by atoms with Crippen LogP contribution in [0.4, 0.5) is 0 Å². The lowest BCUT2D eigenvalue weighted by atomic mass is 10.1. The lowest BCUT2D eigenvalue weighted by molar-refractivity contribution is 1.07. The van der Waals surface area contributed by atoms with E-state index in [2.05, 4.69) is 9.97 Å². The maximum Gasteiger partial charge on any atom is 0.116 e. The van der Waals surface area contributed by atoms with Gasteiger partial charge in [0.2, 0.25) is 0 Å². The first-order valence-corrected chi connectivity index (χ1v) is 3.79. The van der Waals surface area contributed by atoms with Crippen LogP contribution in [0.3, 0.4) is 0 Å². The van der Waals surface area contributed by atoms with E-state index >= 15 is 0 Å². The van der Waals surface area contributed by atoms with Crippen LogP contribution in [0.15, 0.2) is 30.7 Å². The molecule has 0 saturated heterocycles. The van der Waals surface area contributed by atoms with Crippen molar-refractivity contribution < 1.29 is 0 Å². The van der Waals surface area contributed by atoms with Crippen LogP contribution < -0.4 is 5.73 Å². The minimum absolute atomic E-state index is 0.560. The Labute approximate surface area is 70.3 Å². The first kappa shape index (κ1) is 7.18. The summed E-state index contributed by atoms with van der Waals surface area (Å²) < 4.78 is 0. The Morgan fingerprint density at radius 2 is 2.25 bits per heavy atom. The Morgan fingerprint density at radius 3 is 3.08 bits per heavy atom. The first-order chi connectivity index (χ1) is 5.90. The van der Waals surface area contributed by atoms with E-state index in [4.69, 9.17) is 5.73 Å². The lowest BCUT2D eigenvalue weighted by Crippen LogP contribution is -1.95. The normalized spacial score (nSPS) is 10.4. The molecule has 0 bridgehead atoms. The van der Waals surface area contributed by atoms with Gasteiger partial charge >= 0.3 is 0 Å². The minimum atomic E-state index is 0.560. The fourth-order valence-electron chi connectivity index (χ4n) is 1.16. The Kier molecular flexibility index (Phi) is 1.72. The number of benzene rings is 1. The first-order valence-electron chi connectivity index (χ1n) is 3.79. The van der Waals surface area contributed by atoms with Crippen molar-refractivity contribution in [3.8, 4) is 0 Å². The standard InChI is InChI=1S/C9H9N3/c10-4-7-1-2-9-8(3-7)5-11-6-12-9/h1-3,5-6H,4,10H2. The van der Waals surface area contributed by atoms with Crippen LogP contribution >= 0.6 is 0 Å². The Bertz CT molecular complexity index is 398. The Morgan fingerprint density at radius 1 is 1.33 bits per heavy atom. The van der Waals surface area contributed by atoms with Gasteiger partial charge in [0, 0.05) is 18.1 Å². The molecule has 2 N–H and O–H groups in total. The van der Waals surface area contributed by atoms with Gasteiger partial charge in [0.05, 0.1) is 5.52 Å². The third-order valence-corrected chi connectivity index (χ3v) is 1.80. The zero-order valence-corrected chi connectivity index (χ0v) is 6.57. The molecule has 60 valence electrons. The van der Waals surface area contributed by atoms with Crippen molar-refractivity contribution in [3.63, 3.8) is 0 Å². The van der Waals surface area contributed by atoms with Gasteiger partial charge in [-0.1, -0.05) is 6.07 Å². The fraction of sp³-hybridized carbons (Fsp3) is 0.111. The van der Waals surface area contributed by atoms with Gasteiger partial charge in [0.1, 0.15) is 6.33 Å². The molecule has 0 aliphatic carbocycles. The van der Waals surface area contributed by atoms with Gasteiger partial charge in [0.15, 0.2) is 0 Å². The number of rotatable bonds is 1. The van der Waals surface area contributed by atoms with E-state index in [0.717, 1.165) is 16.5 Å². The lowest BCUT2D eigenvalue weighted by Gasteiger charge is -1.98. The maximum absolute atomic E-state index is 5.50. The number of nitrogens with zero attached hydrogens (tertiary/aromatic N) is 2. The van der Waals surface area contributed by atoms with Crippen LogP contribution in [0.2, 0.25) is 0 Å². The van der Waals surface area contributed by atoms with Gasteiger partial charge in [-0.2, -0.15) is 0 Å². The predicted molar refractivity (Wildman–Crippen MR) is 47.4 cm³/mol. The van der Waals surface area contributed by atoms with Gasteiger partial charge in [-0.15, -0.1) is 0 Å². The molecule has 3 nitrogen and oxygen atoms in total. The zero-order chi connectivity index (χ0) is 8.39. The number of hydrogen-bond acceptors (Lipinski definition) is 3. The van der Waals surface area contributed by atoms with Gasteiger partial charge in [-0.3, -0.25) is 0 Å². The topological polar surface area (TPSA) is 51.8 Å². The largest absolute Gasteiger partial charge is 0.326 e. The highest BCUT2D eigenvalue weighted by molar-refractivity contribution is 5.77. The molecule has 0 aliphatic heterocycles. The Hall–Kier alpha value is -1.48. The summed E-state index contributed by atoms with van der Waals surface area (Å²) in [4.78, 5) is 8.04. The van der Waals surface area contributed by atoms with Gasteiger partial charge in [-0.25, -0.2) is 9.97 Å². The monoisotopic (exact) mass is 159 g/mol. The summed E-state index contributed by atoms with van der Waals surface area (Å²) in [6.45, 7) is 0.560. The van der Waals surface area contributed by atoms with E-state index in [1.807, 2.05) is 18.2 Å². The molecule has 1 heterocycles. The van der Waals surface area contributed by atoms with E-state index in [-0.39, 0.29) is 0 Å². The SMILES string of the molecule is NCc1ccc2ncncc2c1. The summed E-state index contributed by atoms with van der Waals surface area (Å²) in [7, 11) is 0. The maximum atomic E-state index is 5.50. The van der Waals surface area contributed by atoms with Crippen LogP contribution in [0.25, 0.3) is 10.9 Å². The third kappa shape index (κ3) is 1.14. The molecule has 0 amide bonds. The van der Waals surface area contributed by atoms with Crippen molar-refractivity contribution in [2.24, 2.45) is 5.73 Å². The average molecular weight is 159 g/mol. The second-order valence-electron chi connectivity index (χ2n) is 2.62. The third-order valence-electron chi connectivity index (χ3n) is 1.80. The molecule has 1 aromatic heterocycles. The minimum Gasteiger partial charge on any atom is -0.326 e. The van der Waals surface area contributed by atoms with Crippen molar-refractivity contribution in [2.75, 3.05) is 0 Å². The quantitative estimate of drug-likeness (QED) is 0.677. The summed E-state index contributed by atoms with van der Waals surface area (Å²) in [6.07, 6.45) is 3.34. The smallest absolute Gasteiger partial charge is 0.116 e. The van der Waals surface area contributed by atoms with Crippen LogP contribution in [0.1, 0.15) is 5.56 Å². The number of aromatic nitrogens is 2. The van der Waals surface area contributed by atoms with Crippen molar-refractivity contribution in [1.82, 2.24) is 9.97 Å². The van der Waals surface area contributed by atoms with Crippen molar-refractivity contribution in [1.29, 1.82) is 0 Å². The van der Waals surface area contributed by atoms with Crippen LogP contribution in [-0.4, -0.2) is 9.97 Å². The Balaban J connectivity index is 2.67. The fourth-order valence-corrected chi connectivity index (χ4v) is 1.16. The number of fused-ring (bicyclic) bond motifs is 1. The van der Waals surface area contributed by atoms with Crippen LogP contribution in [0.5, 0.6) is 0 Å². The molecule has 2 rings (SSSR count). The molecule has 0 unspecified atom stereocenters. The number of nitrogens with two attached hydrogens (primary N) is 1. The van der Waals surface area contributed by atoms with Crippen molar-refractivity contribution in [3.05, 3.63) is 36.3 Å². The second-order valence-corrected chi connectivity index (χ2v) is 2.62. The molecule has 0 atom stereocenters. The van der Waals surface area contributed by atoms with E-state index in [0.29, 0.717) is 6.54 Å². The molecule has 0 fully saturated rings. The molecular formula is C9H9N3. The average Bonchev–Trinajstić information content (AvgIpc) is 2.17. The molecule has 3 heteroatoms. The van der Waals surface area contributed by atoms with Crippen LogP contribution in [0, 0.1) is 0 Å². The molecule has 0 aliphatic rings. The van der Waals surface area contributed by atoms with E-state index in [1.165, 1.54) is 0 Å². The molecule has 0 saturated carbocycles. The highest BCUT2D eigenvalue weighted by atomic mass is 14.8.